The Balaban J connectivity index is 1.60. The van der Waals surface area contributed by atoms with E-state index in [2.05, 4.69) is 10.9 Å². The Hall–Kier alpha value is -4.07. The Morgan fingerprint density at radius 1 is 0.857 bits per heavy atom. The van der Waals surface area contributed by atoms with Crippen LogP contribution in [0.2, 0.25) is 0 Å². The Kier molecular flexibility index (Phi) is 5.40. The van der Waals surface area contributed by atoms with E-state index in [-0.39, 0.29) is 22.4 Å². The number of amides is 2. The van der Waals surface area contributed by atoms with Crippen LogP contribution < -0.4 is 10.9 Å². The second-order valence-corrected chi connectivity index (χ2v) is 5.78. The summed E-state index contributed by atoms with van der Waals surface area (Å²) in [7, 11) is 0. The van der Waals surface area contributed by atoms with Gasteiger partial charge in [-0.15, -0.1) is 0 Å². The first kappa shape index (κ1) is 18.7. The van der Waals surface area contributed by atoms with Gasteiger partial charge in [-0.1, -0.05) is 42.5 Å². The van der Waals surface area contributed by atoms with Gasteiger partial charge >= 0.3 is 5.97 Å². The molecule has 0 aliphatic carbocycles. The molecule has 3 rings (SSSR count). The summed E-state index contributed by atoms with van der Waals surface area (Å²) in [6, 6.07) is 15.7. The van der Waals surface area contributed by atoms with E-state index in [4.69, 9.17) is 4.74 Å². The van der Waals surface area contributed by atoms with Crippen LogP contribution >= 0.6 is 0 Å². The lowest BCUT2D eigenvalue weighted by Crippen LogP contribution is -2.43. The smallest absolute Gasteiger partial charge is 0.342 e. The van der Waals surface area contributed by atoms with Gasteiger partial charge in [0.15, 0.2) is 6.61 Å². The van der Waals surface area contributed by atoms with Crippen molar-refractivity contribution in [3.8, 4) is 11.5 Å². The molecule has 0 radical (unpaired) electrons. The van der Waals surface area contributed by atoms with Gasteiger partial charge in [0.1, 0.15) is 17.1 Å². The molecular weight excluding hydrogens is 364 g/mol. The lowest BCUT2D eigenvalue weighted by atomic mass is 10.0. The van der Waals surface area contributed by atoms with Crippen LogP contribution in [-0.2, 0) is 9.53 Å². The quantitative estimate of drug-likeness (QED) is 0.311. The van der Waals surface area contributed by atoms with Crippen LogP contribution in [0, 0.1) is 0 Å². The summed E-state index contributed by atoms with van der Waals surface area (Å²) in [5.74, 6) is -2.88. The molecule has 0 unspecified atom stereocenters. The molecule has 0 atom stereocenters. The van der Waals surface area contributed by atoms with E-state index >= 15 is 0 Å². The summed E-state index contributed by atoms with van der Waals surface area (Å²) in [5.41, 5.74) is 4.37. The van der Waals surface area contributed by atoms with Crippen molar-refractivity contribution in [2.75, 3.05) is 6.61 Å². The molecule has 3 aromatic rings. The molecule has 142 valence electrons. The Labute approximate surface area is 159 Å². The molecule has 0 fully saturated rings. The molecule has 8 heteroatoms. The molecule has 0 bridgehead atoms. The molecule has 0 saturated carbocycles. The van der Waals surface area contributed by atoms with Gasteiger partial charge in [0.25, 0.3) is 11.8 Å². The van der Waals surface area contributed by atoms with Crippen molar-refractivity contribution in [2.45, 2.75) is 0 Å². The van der Waals surface area contributed by atoms with Crippen molar-refractivity contribution in [2.24, 2.45) is 0 Å². The Morgan fingerprint density at radius 3 is 2.21 bits per heavy atom. The highest BCUT2D eigenvalue weighted by atomic mass is 16.5. The standard InChI is InChI=1S/C20H16N2O6/c23-16-10-15(18(25)14-9-5-4-8-13(14)16)20(27)28-11-17(24)21-22-19(26)12-6-2-1-3-7-12/h1-10,23,25H,11H2,(H,21,24)(H,22,26). The minimum Gasteiger partial charge on any atom is -0.507 e. The number of hydrogen-bond donors (Lipinski definition) is 4. The molecular formula is C20H16N2O6. The SMILES string of the molecule is O=C(COC(=O)c1cc(O)c2ccccc2c1O)NNC(=O)c1ccccc1. The van der Waals surface area contributed by atoms with Crippen molar-refractivity contribution < 1.29 is 29.3 Å². The van der Waals surface area contributed by atoms with Crippen LogP contribution in [-0.4, -0.2) is 34.6 Å². The third-order valence-corrected chi connectivity index (χ3v) is 3.90. The van der Waals surface area contributed by atoms with Crippen molar-refractivity contribution >= 4 is 28.6 Å². The fourth-order valence-corrected chi connectivity index (χ4v) is 2.53. The van der Waals surface area contributed by atoms with E-state index in [0.29, 0.717) is 10.9 Å². The van der Waals surface area contributed by atoms with Gasteiger partial charge in [0.2, 0.25) is 0 Å². The van der Waals surface area contributed by atoms with Crippen LogP contribution in [0.25, 0.3) is 10.8 Å². The highest BCUT2D eigenvalue weighted by Crippen LogP contribution is 2.35. The van der Waals surface area contributed by atoms with E-state index in [0.717, 1.165) is 6.07 Å². The van der Waals surface area contributed by atoms with Crippen molar-refractivity contribution in [3.63, 3.8) is 0 Å². The third-order valence-electron chi connectivity index (χ3n) is 3.90. The van der Waals surface area contributed by atoms with Crippen molar-refractivity contribution in [1.82, 2.24) is 10.9 Å². The van der Waals surface area contributed by atoms with Crippen molar-refractivity contribution in [3.05, 3.63) is 71.8 Å². The maximum absolute atomic E-state index is 12.2. The number of carbonyl (C=O) groups excluding carboxylic acids is 3. The molecule has 0 saturated heterocycles. The average molecular weight is 380 g/mol. The van der Waals surface area contributed by atoms with Gasteiger partial charge in [-0.25, -0.2) is 4.79 Å². The average Bonchev–Trinajstić information content (AvgIpc) is 2.73. The van der Waals surface area contributed by atoms with Gasteiger partial charge < -0.3 is 14.9 Å². The molecule has 3 aromatic carbocycles. The molecule has 0 aromatic heterocycles. The number of phenols is 2. The number of phenolic OH excluding ortho intramolecular Hbond substituents is 2. The van der Waals surface area contributed by atoms with Crippen LogP contribution in [0.15, 0.2) is 60.7 Å². The van der Waals surface area contributed by atoms with E-state index in [1.807, 2.05) is 0 Å². The highest BCUT2D eigenvalue weighted by Gasteiger charge is 2.19. The fraction of sp³-hybridized carbons (Fsp3) is 0.0500. The summed E-state index contributed by atoms with van der Waals surface area (Å²) in [6.07, 6.45) is 0. The normalized spacial score (nSPS) is 10.3. The number of nitrogens with one attached hydrogen (secondary N) is 2. The van der Waals surface area contributed by atoms with E-state index in [9.17, 15) is 24.6 Å². The number of hydrogen-bond acceptors (Lipinski definition) is 6. The van der Waals surface area contributed by atoms with E-state index in [1.54, 1.807) is 48.5 Å². The second kappa shape index (κ2) is 8.09. The topological polar surface area (TPSA) is 125 Å². The Bertz CT molecular complexity index is 1050. The van der Waals surface area contributed by atoms with Gasteiger partial charge in [-0.3, -0.25) is 20.4 Å². The summed E-state index contributed by atoms with van der Waals surface area (Å²) >= 11 is 0. The number of carbonyl (C=O) groups is 3. The lowest BCUT2D eigenvalue weighted by Gasteiger charge is -2.10. The van der Waals surface area contributed by atoms with Crippen molar-refractivity contribution in [1.29, 1.82) is 0 Å². The maximum Gasteiger partial charge on any atom is 0.342 e. The first-order chi connectivity index (χ1) is 13.5. The second-order valence-electron chi connectivity index (χ2n) is 5.78. The van der Waals surface area contributed by atoms with Gasteiger partial charge in [0, 0.05) is 16.3 Å². The minimum absolute atomic E-state index is 0.208. The summed E-state index contributed by atoms with van der Waals surface area (Å²) in [5, 5.41) is 20.9. The number of aromatic hydroxyl groups is 2. The van der Waals surface area contributed by atoms with Gasteiger partial charge in [0.05, 0.1) is 0 Å². The number of hydrazine groups is 1. The molecule has 0 spiro atoms. The number of esters is 1. The number of rotatable bonds is 4. The van der Waals surface area contributed by atoms with E-state index < -0.39 is 24.4 Å². The molecule has 2 amide bonds. The molecule has 0 heterocycles. The van der Waals surface area contributed by atoms with Crippen LogP contribution in [0.5, 0.6) is 11.5 Å². The van der Waals surface area contributed by atoms with Gasteiger partial charge in [-0.05, 0) is 18.2 Å². The third kappa shape index (κ3) is 4.01. The first-order valence-corrected chi connectivity index (χ1v) is 8.22. The zero-order chi connectivity index (χ0) is 20.1. The number of ether oxygens (including phenoxy) is 1. The lowest BCUT2D eigenvalue weighted by molar-refractivity contribution is -0.125. The zero-order valence-electron chi connectivity index (χ0n) is 14.5. The monoisotopic (exact) mass is 380 g/mol. The summed E-state index contributed by atoms with van der Waals surface area (Å²) < 4.78 is 4.84. The molecule has 8 nitrogen and oxygen atoms in total. The Morgan fingerprint density at radius 2 is 1.50 bits per heavy atom. The summed E-state index contributed by atoms with van der Waals surface area (Å²) in [6.45, 7) is -0.694. The largest absolute Gasteiger partial charge is 0.507 e. The van der Waals surface area contributed by atoms with Gasteiger partial charge in [-0.2, -0.15) is 0 Å². The van der Waals surface area contributed by atoms with Crippen LogP contribution in [0.1, 0.15) is 20.7 Å². The predicted molar refractivity (Wildman–Crippen MR) is 99.6 cm³/mol. The zero-order valence-corrected chi connectivity index (χ0v) is 14.5. The fourth-order valence-electron chi connectivity index (χ4n) is 2.53. The van der Waals surface area contributed by atoms with E-state index in [1.165, 1.54) is 6.07 Å². The van der Waals surface area contributed by atoms with Crippen LogP contribution in [0.4, 0.5) is 0 Å². The molecule has 28 heavy (non-hydrogen) atoms. The minimum atomic E-state index is -0.997. The first-order valence-electron chi connectivity index (χ1n) is 8.22. The maximum atomic E-state index is 12.2. The molecule has 4 N–H and O–H groups in total. The summed E-state index contributed by atoms with van der Waals surface area (Å²) in [4.78, 5) is 35.7. The van der Waals surface area contributed by atoms with Crippen LogP contribution in [0.3, 0.4) is 0 Å². The number of fused-ring (bicyclic) bond motifs is 1. The molecule has 0 aliphatic rings. The molecule has 0 aliphatic heterocycles. The highest BCUT2D eigenvalue weighted by molar-refractivity contribution is 6.04. The predicted octanol–water partition coefficient (Wildman–Crippen LogP) is 1.87. The number of benzene rings is 3.